The van der Waals surface area contributed by atoms with Crippen LogP contribution in [0.2, 0.25) is 0 Å². The summed E-state index contributed by atoms with van der Waals surface area (Å²) in [4.78, 5) is 16.8. The Balaban J connectivity index is 1.55. The number of nitrogens with one attached hydrogen (secondary N) is 1. The normalized spacial score (nSPS) is 18.6. The Morgan fingerprint density at radius 2 is 1.80 bits per heavy atom. The number of aliphatic hydroxyl groups is 1. The van der Waals surface area contributed by atoms with Gasteiger partial charge in [0.15, 0.2) is 5.03 Å². The predicted octanol–water partition coefficient (Wildman–Crippen LogP) is 6.94. The number of nitrogens with zero attached hydrogens (tertiary/aromatic N) is 1. The second-order valence-corrected chi connectivity index (χ2v) is 11.7. The van der Waals surface area contributed by atoms with Crippen LogP contribution in [0.25, 0.3) is 0 Å². The Bertz CT molecular complexity index is 1520. The Kier molecular flexibility index (Phi) is 8.77. The largest absolute Gasteiger partial charge is 0.512 e. The molecule has 0 saturated carbocycles. The van der Waals surface area contributed by atoms with Gasteiger partial charge in [0.05, 0.1) is 11.1 Å². The van der Waals surface area contributed by atoms with E-state index in [1.807, 2.05) is 44.2 Å². The zero-order chi connectivity index (χ0) is 29.8. The highest BCUT2D eigenvalue weighted by Crippen LogP contribution is 2.41. The van der Waals surface area contributed by atoms with E-state index >= 15 is 0 Å². The molecular weight excluding hydrogens is 557 g/mol. The van der Waals surface area contributed by atoms with Crippen LogP contribution in [-0.2, 0) is 32.2 Å². The second kappa shape index (κ2) is 11.9. The number of carbonyl (C=O) groups is 1. The lowest BCUT2D eigenvalue weighted by Crippen LogP contribution is -2.41. The minimum Gasteiger partial charge on any atom is -0.512 e. The number of hydrogen-bond acceptors (Lipinski definition) is 6. The number of aromatic nitrogens is 1. The number of hydrogen-bond donors (Lipinski definition) is 2. The Morgan fingerprint density at radius 3 is 2.39 bits per heavy atom. The molecule has 3 aromatic rings. The van der Waals surface area contributed by atoms with Gasteiger partial charge < -0.3 is 9.84 Å². The van der Waals surface area contributed by atoms with Gasteiger partial charge in [0.2, 0.25) is 0 Å². The Morgan fingerprint density at radius 1 is 1.07 bits per heavy atom. The number of alkyl halides is 3. The first-order valence-electron chi connectivity index (χ1n) is 13.2. The van der Waals surface area contributed by atoms with Crippen molar-refractivity contribution in [3.63, 3.8) is 0 Å². The van der Waals surface area contributed by atoms with E-state index < -0.39 is 44.3 Å². The topological polar surface area (TPSA) is 106 Å². The maximum atomic E-state index is 13.3. The van der Waals surface area contributed by atoms with Crippen molar-refractivity contribution in [3.8, 4) is 0 Å². The molecule has 1 aliphatic heterocycles. The summed E-state index contributed by atoms with van der Waals surface area (Å²) in [6.45, 7) is 3.74. The highest BCUT2D eigenvalue weighted by Gasteiger charge is 2.42. The quantitative estimate of drug-likeness (QED) is 0.249. The van der Waals surface area contributed by atoms with Gasteiger partial charge in [-0.15, -0.1) is 0 Å². The molecule has 0 bridgehead atoms. The van der Waals surface area contributed by atoms with Crippen LogP contribution in [0.15, 0.2) is 89.3 Å². The van der Waals surface area contributed by atoms with Gasteiger partial charge >= 0.3 is 12.1 Å². The first-order chi connectivity index (χ1) is 19.4. The number of pyridine rings is 1. The third-order valence-corrected chi connectivity index (χ3v) is 8.62. The summed E-state index contributed by atoms with van der Waals surface area (Å²) in [5, 5.41) is 10.6. The van der Waals surface area contributed by atoms with E-state index in [-0.39, 0.29) is 23.4 Å². The first-order valence-corrected chi connectivity index (χ1v) is 14.7. The number of benzene rings is 2. The van der Waals surface area contributed by atoms with Crippen molar-refractivity contribution in [1.29, 1.82) is 0 Å². The average Bonchev–Trinajstić information content (AvgIpc) is 2.94. The molecule has 4 rings (SSSR count). The first kappa shape index (κ1) is 30.1. The molecule has 1 aromatic heterocycles. The fourth-order valence-electron chi connectivity index (χ4n) is 5.02. The van der Waals surface area contributed by atoms with Crippen LogP contribution in [0.1, 0.15) is 62.1 Å². The monoisotopic (exact) mass is 588 g/mol. The van der Waals surface area contributed by atoms with Gasteiger partial charge in [-0.3, -0.25) is 4.72 Å². The maximum Gasteiger partial charge on any atom is 0.417 e. The summed E-state index contributed by atoms with van der Waals surface area (Å²) < 4.78 is 72.4. The van der Waals surface area contributed by atoms with Gasteiger partial charge in [-0.2, -0.15) is 21.6 Å². The number of cyclic esters (lactones) is 1. The smallest absolute Gasteiger partial charge is 0.417 e. The molecule has 0 fully saturated rings. The number of carbonyl (C=O) groups excluding carboxylic acids is 1. The minimum absolute atomic E-state index is 0.0528. The summed E-state index contributed by atoms with van der Waals surface area (Å²) in [7, 11) is -4.30. The Hall–Kier alpha value is -3.86. The number of halogens is 3. The van der Waals surface area contributed by atoms with Gasteiger partial charge in [0.1, 0.15) is 11.4 Å². The van der Waals surface area contributed by atoms with Crippen molar-refractivity contribution in [2.75, 3.05) is 4.72 Å². The number of aliphatic hydroxyl groups excluding tert-OH is 1. The lowest BCUT2D eigenvalue weighted by Gasteiger charge is -2.38. The number of ether oxygens (including phenoxy) is 1. The van der Waals surface area contributed by atoms with Gasteiger partial charge in [-0.05, 0) is 61.1 Å². The van der Waals surface area contributed by atoms with E-state index in [9.17, 15) is 31.5 Å². The highest BCUT2D eigenvalue weighted by molar-refractivity contribution is 7.92. The second-order valence-electron chi connectivity index (χ2n) is 10.0. The molecule has 2 aromatic carbocycles. The fourth-order valence-corrected chi connectivity index (χ4v) is 6.00. The predicted molar refractivity (Wildman–Crippen MR) is 148 cm³/mol. The molecule has 1 unspecified atom stereocenters. The van der Waals surface area contributed by atoms with Crippen molar-refractivity contribution < 1.29 is 36.2 Å². The van der Waals surface area contributed by atoms with Crippen LogP contribution < -0.4 is 4.72 Å². The van der Waals surface area contributed by atoms with Crippen LogP contribution in [0.5, 0.6) is 0 Å². The molecule has 7 nitrogen and oxygen atoms in total. The zero-order valence-electron chi connectivity index (χ0n) is 22.6. The SMILES string of the molecule is CCC(C1=C(O)C[C@@](CC)(CCc2ccccc2)OC1=O)c1cccc(NS(=O)(=O)c2ccc(C(F)(F)F)cn2)c1. The van der Waals surface area contributed by atoms with Crippen LogP contribution in [0.4, 0.5) is 18.9 Å². The van der Waals surface area contributed by atoms with E-state index in [1.165, 1.54) is 12.1 Å². The molecular formula is C30H31F3N2O5S. The maximum absolute atomic E-state index is 13.3. The summed E-state index contributed by atoms with van der Waals surface area (Å²) >= 11 is 0. The molecule has 41 heavy (non-hydrogen) atoms. The Labute approximate surface area is 237 Å². The molecule has 2 N–H and O–H groups in total. The molecule has 0 radical (unpaired) electrons. The number of esters is 1. The van der Waals surface area contributed by atoms with Crippen molar-refractivity contribution >= 4 is 21.7 Å². The van der Waals surface area contributed by atoms with Gasteiger partial charge in [0, 0.05) is 24.2 Å². The molecule has 218 valence electrons. The summed E-state index contributed by atoms with van der Waals surface area (Å²) in [5.74, 6) is -1.25. The minimum atomic E-state index is -4.65. The summed E-state index contributed by atoms with van der Waals surface area (Å²) in [5.41, 5.74) is -0.00442. The van der Waals surface area contributed by atoms with Gasteiger partial charge in [-0.25, -0.2) is 9.78 Å². The van der Waals surface area contributed by atoms with Crippen molar-refractivity contribution in [1.82, 2.24) is 4.98 Å². The molecule has 0 saturated heterocycles. The lowest BCUT2D eigenvalue weighted by atomic mass is 9.80. The van der Waals surface area contributed by atoms with Crippen LogP contribution in [0, 0.1) is 0 Å². The van der Waals surface area contributed by atoms with Crippen LogP contribution >= 0.6 is 0 Å². The third-order valence-electron chi connectivity index (χ3n) is 7.32. The number of anilines is 1. The summed E-state index contributed by atoms with van der Waals surface area (Å²) in [6, 6.07) is 17.5. The van der Waals surface area contributed by atoms with E-state index in [2.05, 4.69) is 9.71 Å². The van der Waals surface area contributed by atoms with Gasteiger partial charge in [-0.1, -0.05) is 56.3 Å². The zero-order valence-corrected chi connectivity index (χ0v) is 23.4. The highest BCUT2D eigenvalue weighted by atomic mass is 32.2. The van der Waals surface area contributed by atoms with Crippen molar-refractivity contribution in [2.24, 2.45) is 0 Å². The van der Waals surface area contributed by atoms with Crippen molar-refractivity contribution in [2.45, 2.75) is 68.7 Å². The van der Waals surface area contributed by atoms with E-state index in [1.54, 1.807) is 12.1 Å². The molecule has 0 spiro atoms. The van der Waals surface area contributed by atoms with E-state index in [0.717, 1.165) is 11.6 Å². The molecule has 0 aliphatic carbocycles. The van der Waals surface area contributed by atoms with Crippen LogP contribution in [0.3, 0.4) is 0 Å². The third kappa shape index (κ3) is 6.90. The standard InChI is InChI=1S/C30H31F3N2O5S/c1-3-24(27-25(36)18-29(4-2,40-28(27)37)16-15-20-9-6-5-7-10-20)21-11-8-12-23(17-21)35-41(38,39)26-14-13-22(19-34-26)30(31,32)33/h5-14,17,19,24,35-36H,3-4,15-16,18H2,1-2H3/t24?,29-/m1/s1. The molecule has 2 atom stereocenters. The van der Waals surface area contributed by atoms with Crippen LogP contribution in [-0.4, -0.2) is 30.1 Å². The molecule has 0 amide bonds. The number of sulfonamides is 1. The fraction of sp³-hybridized carbons (Fsp3) is 0.333. The van der Waals surface area contributed by atoms with E-state index in [0.29, 0.717) is 43.5 Å². The van der Waals surface area contributed by atoms with E-state index in [4.69, 9.17) is 4.74 Å². The van der Waals surface area contributed by atoms with Gasteiger partial charge in [0.25, 0.3) is 10.0 Å². The lowest BCUT2D eigenvalue weighted by molar-refractivity contribution is -0.160. The number of aryl methyl sites for hydroxylation is 1. The molecule has 1 aliphatic rings. The summed E-state index contributed by atoms with van der Waals surface area (Å²) in [6.07, 6.45) is -1.87. The average molecular weight is 589 g/mol. The molecule has 2 heterocycles. The molecule has 11 heteroatoms. The van der Waals surface area contributed by atoms with Crippen molar-refractivity contribution in [3.05, 3.63) is 101 Å². The number of rotatable bonds is 10.